The molecule has 1 heteroatoms. The zero-order chi connectivity index (χ0) is 13.6. The summed E-state index contributed by atoms with van der Waals surface area (Å²) in [5, 5.41) is 0. The van der Waals surface area contributed by atoms with E-state index in [1.165, 1.54) is 82.4 Å². The molecule has 1 atom stereocenters. The molecule has 1 unspecified atom stereocenters. The van der Waals surface area contributed by atoms with E-state index in [9.17, 15) is 0 Å². The van der Waals surface area contributed by atoms with E-state index in [0.29, 0.717) is 0 Å². The molecule has 0 amide bonds. The predicted molar refractivity (Wildman–Crippen MR) is 90.9 cm³/mol. The fourth-order valence-electron chi connectivity index (χ4n) is 2.53. The van der Waals surface area contributed by atoms with Crippen molar-refractivity contribution < 1.29 is 0 Å². The van der Waals surface area contributed by atoms with Gasteiger partial charge in [-0.3, -0.25) is 0 Å². The molecule has 19 heavy (non-hydrogen) atoms. The van der Waals surface area contributed by atoms with Gasteiger partial charge in [0.25, 0.3) is 0 Å². The minimum Gasteiger partial charge on any atom is -0.138 e. The summed E-state index contributed by atoms with van der Waals surface area (Å²) in [6.07, 6.45) is 16.8. The highest BCUT2D eigenvalue weighted by molar-refractivity contribution is 7.16. The molecule has 0 saturated carbocycles. The van der Waals surface area contributed by atoms with Gasteiger partial charge in [-0.15, -0.1) is 9.24 Å². The summed E-state index contributed by atoms with van der Waals surface area (Å²) in [4.78, 5) is 0. The third-order valence-electron chi connectivity index (χ3n) is 3.76. The molecule has 0 aliphatic heterocycles. The molecule has 0 bridgehead atoms. The number of hydrogen-bond acceptors (Lipinski definition) is 0. The quantitative estimate of drug-likeness (QED) is 0.324. The van der Waals surface area contributed by atoms with Gasteiger partial charge in [-0.05, 0) is 31.0 Å². The van der Waals surface area contributed by atoms with Crippen molar-refractivity contribution in [1.82, 2.24) is 0 Å². The summed E-state index contributed by atoms with van der Waals surface area (Å²) in [6, 6.07) is 10.9. The molecule has 0 heterocycles. The molecular formula is C18H31P. The molecule has 108 valence electrons. The van der Waals surface area contributed by atoms with Crippen molar-refractivity contribution in [3.8, 4) is 0 Å². The highest BCUT2D eigenvalue weighted by Crippen LogP contribution is 2.12. The second-order valence-electron chi connectivity index (χ2n) is 5.56. The summed E-state index contributed by atoms with van der Waals surface area (Å²) in [7, 11) is 2.82. The van der Waals surface area contributed by atoms with E-state index in [1.807, 2.05) is 0 Å². The molecule has 0 saturated heterocycles. The van der Waals surface area contributed by atoms with Gasteiger partial charge >= 0.3 is 0 Å². The van der Waals surface area contributed by atoms with Crippen LogP contribution < -0.4 is 0 Å². The highest BCUT2D eigenvalue weighted by Gasteiger charge is 1.94. The lowest BCUT2D eigenvalue weighted by atomic mass is 10.0. The van der Waals surface area contributed by atoms with Crippen LogP contribution in [-0.4, -0.2) is 6.16 Å². The van der Waals surface area contributed by atoms with Crippen LogP contribution in [0.4, 0.5) is 0 Å². The first kappa shape index (κ1) is 16.7. The van der Waals surface area contributed by atoms with E-state index >= 15 is 0 Å². The van der Waals surface area contributed by atoms with Gasteiger partial charge in [0, 0.05) is 0 Å². The van der Waals surface area contributed by atoms with Crippen molar-refractivity contribution >= 4 is 9.24 Å². The number of benzene rings is 1. The molecule has 0 radical (unpaired) electrons. The van der Waals surface area contributed by atoms with Crippen molar-refractivity contribution in [1.29, 1.82) is 0 Å². The maximum Gasteiger partial charge on any atom is -0.0279 e. The van der Waals surface area contributed by atoms with Gasteiger partial charge in [0.15, 0.2) is 0 Å². The Morgan fingerprint density at radius 2 is 1.05 bits per heavy atom. The van der Waals surface area contributed by atoms with Crippen LogP contribution in [0.2, 0.25) is 0 Å². The Balaban J connectivity index is 1.79. The van der Waals surface area contributed by atoms with Crippen molar-refractivity contribution in [2.75, 3.05) is 6.16 Å². The first-order chi connectivity index (χ1) is 9.43. The van der Waals surface area contributed by atoms with Crippen molar-refractivity contribution in [2.24, 2.45) is 0 Å². The third-order valence-corrected chi connectivity index (χ3v) is 4.17. The number of aryl methyl sites for hydroxylation is 1. The van der Waals surface area contributed by atoms with Crippen LogP contribution in [0.25, 0.3) is 0 Å². The molecule has 0 fully saturated rings. The van der Waals surface area contributed by atoms with Crippen LogP contribution in [0.15, 0.2) is 30.3 Å². The van der Waals surface area contributed by atoms with E-state index in [2.05, 4.69) is 39.6 Å². The summed E-state index contributed by atoms with van der Waals surface area (Å²) < 4.78 is 0. The van der Waals surface area contributed by atoms with Crippen LogP contribution in [-0.2, 0) is 6.42 Å². The smallest absolute Gasteiger partial charge is 0.0279 e. The SMILES string of the molecule is PCCCCCCCCCCCCc1ccccc1. The summed E-state index contributed by atoms with van der Waals surface area (Å²) in [6.45, 7) is 0. The zero-order valence-corrected chi connectivity index (χ0v) is 13.6. The molecule has 0 aliphatic carbocycles. The first-order valence-electron chi connectivity index (χ1n) is 8.17. The lowest BCUT2D eigenvalue weighted by Gasteiger charge is -2.03. The van der Waals surface area contributed by atoms with Gasteiger partial charge < -0.3 is 0 Å². The molecule has 1 rings (SSSR count). The van der Waals surface area contributed by atoms with Gasteiger partial charge in [0.05, 0.1) is 0 Å². The van der Waals surface area contributed by atoms with Crippen LogP contribution in [0, 0.1) is 0 Å². The minimum atomic E-state index is 1.26. The highest BCUT2D eigenvalue weighted by atomic mass is 31.0. The van der Waals surface area contributed by atoms with E-state index in [4.69, 9.17) is 0 Å². The topological polar surface area (TPSA) is 0 Å². The lowest BCUT2D eigenvalue weighted by Crippen LogP contribution is -1.86. The number of unbranched alkanes of at least 4 members (excludes halogenated alkanes) is 9. The van der Waals surface area contributed by atoms with Gasteiger partial charge in [0.1, 0.15) is 0 Å². The Bertz CT molecular complexity index is 281. The molecule has 1 aromatic carbocycles. The number of hydrogen-bond donors (Lipinski definition) is 0. The molecule has 0 nitrogen and oxygen atoms in total. The second kappa shape index (κ2) is 12.7. The fourth-order valence-corrected chi connectivity index (χ4v) is 2.82. The normalized spacial score (nSPS) is 10.8. The lowest BCUT2D eigenvalue weighted by molar-refractivity contribution is 0.557. The Kier molecular flexibility index (Phi) is 11.1. The average Bonchev–Trinajstić information content (AvgIpc) is 2.46. The third kappa shape index (κ3) is 10.1. The van der Waals surface area contributed by atoms with Crippen LogP contribution in [0.1, 0.15) is 69.8 Å². The van der Waals surface area contributed by atoms with Gasteiger partial charge in [0.2, 0.25) is 0 Å². The zero-order valence-electron chi connectivity index (χ0n) is 12.4. The number of rotatable bonds is 12. The monoisotopic (exact) mass is 278 g/mol. The summed E-state index contributed by atoms with van der Waals surface area (Å²) >= 11 is 0. The van der Waals surface area contributed by atoms with E-state index in [1.54, 1.807) is 0 Å². The summed E-state index contributed by atoms with van der Waals surface area (Å²) in [5.74, 6) is 0. The summed E-state index contributed by atoms with van der Waals surface area (Å²) in [5.41, 5.74) is 1.50. The van der Waals surface area contributed by atoms with Crippen molar-refractivity contribution in [3.05, 3.63) is 35.9 Å². The Morgan fingerprint density at radius 1 is 0.579 bits per heavy atom. The standard InChI is InChI=1S/C18H31P/c19-17-13-8-6-4-2-1-3-5-7-10-14-18-15-11-9-12-16-18/h9,11-12,15-16H,1-8,10,13-14,17,19H2. The molecule has 0 aromatic heterocycles. The molecular weight excluding hydrogens is 247 g/mol. The molecule has 0 aliphatic rings. The van der Waals surface area contributed by atoms with Crippen molar-refractivity contribution in [2.45, 2.75) is 70.6 Å². The molecule has 1 aromatic rings. The maximum atomic E-state index is 2.82. The van der Waals surface area contributed by atoms with Crippen LogP contribution in [0.3, 0.4) is 0 Å². The van der Waals surface area contributed by atoms with Gasteiger partial charge in [-0.1, -0.05) is 81.7 Å². The Labute approximate surface area is 122 Å². The van der Waals surface area contributed by atoms with Crippen molar-refractivity contribution in [3.63, 3.8) is 0 Å². The first-order valence-corrected chi connectivity index (χ1v) is 8.99. The minimum absolute atomic E-state index is 1.26. The van der Waals surface area contributed by atoms with Gasteiger partial charge in [-0.2, -0.15) is 0 Å². The van der Waals surface area contributed by atoms with E-state index in [0.717, 1.165) is 0 Å². The second-order valence-corrected chi connectivity index (χ2v) is 6.14. The van der Waals surface area contributed by atoms with E-state index < -0.39 is 0 Å². The van der Waals surface area contributed by atoms with Crippen LogP contribution in [0.5, 0.6) is 0 Å². The maximum absolute atomic E-state index is 2.82. The Morgan fingerprint density at radius 3 is 1.58 bits per heavy atom. The largest absolute Gasteiger partial charge is 0.138 e. The molecule has 0 spiro atoms. The Hall–Kier alpha value is -0.350. The van der Waals surface area contributed by atoms with Gasteiger partial charge in [-0.25, -0.2) is 0 Å². The fraction of sp³-hybridized carbons (Fsp3) is 0.667. The molecule has 0 N–H and O–H groups in total. The average molecular weight is 278 g/mol. The van der Waals surface area contributed by atoms with E-state index in [-0.39, 0.29) is 0 Å². The van der Waals surface area contributed by atoms with Crippen LogP contribution >= 0.6 is 9.24 Å². The predicted octanol–water partition coefficient (Wildman–Crippen LogP) is 6.01.